The fourth-order valence-electron chi connectivity index (χ4n) is 1.70. The Bertz CT molecular complexity index is 672. The third kappa shape index (κ3) is 3.09. The number of halogens is 3. The summed E-state index contributed by atoms with van der Waals surface area (Å²) in [5, 5.41) is 2.40. The minimum atomic E-state index is -4.39. The highest BCUT2D eigenvalue weighted by molar-refractivity contribution is 8.13. The van der Waals surface area contributed by atoms with Crippen molar-refractivity contribution < 1.29 is 22.0 Å². The van der Waals surface area contributed by atoms with E-state index >= 15 is 0 Å². The first-order valence-corrected chi connectivity index (χ1v) is 8.16. The van der Waals surface area contributed by atoms with E-state index in [0.29, 0.717) is 12.1 Å². The van der Waals surface area contributed by atoms with Crippen LogP contribution in [0.1, 0.15) is 30.1 Å². The van der Waals surface area contributed by atoms with Crippen molar-refractivity contribution in [2.45, 2.75) is 24.7 Å². The van der Waals surface area contributed by atoms with Gasteiger partial charge in [-0.2, -0.15) is 0 Å². The van der Waals surface area contributed by atoms with Crippen LogP contribution < -0.4 is 5.32 Å². The molecule has 1 aliphatic carbocycles. The molecule has 20 heavy (non-hydrogen) atoms. The zero-order valence-corrected chi connectivity index (χ0v) is 12.1. The van der Waals surface area contributed by atoms with Gasteiger partial charge in [0.05, 0.1) is 0 Å². The molecule has 0 heterocycles. The average molecular weight is 324 g/mol. The van der Waals surface area contributed by atoms with Crippen molar-refractivity contribution in [1.29, 1.82) is 0 Å². The van der Waals surface area contributed by atoms with E-state index in [1.165, 1.54) is 0 Å². The van der Waals surface area contributed by atoms with E-state index in [0.717, 1.165) is 12.8 Å². The zero-order chi connectivity index (χ0) is 15.1. The predicted molar refractivity (Wildman–Crippen MR) is 69.1 cm³/mol. The maximum Gasteiger partial charge on any atom is 0.264 e. The number of benzene rings is 1. The van der Waals surface area contributed by atoms with Gasteiger partial charge in [-0.25, -0.2) is 17.2 Å². The molecule has 1 saturated carbocycles. The van der Waals surface area contributed by atoms with E-state index < -0.39 is 37.1 Å². The van der Waals surface area contributed by atoms with Crippen molar-refractivity contribution in [1.82, 2.24) is 5.32 Å². The monoisotopic (exact) mass is 323 g/mol. The van der Waals surface area contributed by atoms with Crippen molar-refractivity contribution in [3.05, 3.63) is 29.3 Å². The van der Waals surface area contributed by atoms with Crippen LogP contribution in [-0.2, 0) is 9.05 Å². The van der Waals surface area contributed by atoms with Crippen LogP contribution in [0.15, 0.2) is 17.0 Å². The summed E-state index contributed by atoms with van der Waals surface area (Å²) in [7, 11) is 0.644. The minimum Gasteiger partial charge on any atom is -0.351 e. The van der Waals surface area contributed by atoms with Crippen LogP contribution >= 0.6 is 10.7 Å². The van der Waals surface area contributed by atoms with E-state index in [9.17, 15) is 22.0 Å². The Morgan fingerprint density at radius 1 is 1.40 bits per heavy atom. The molecule has 8 heteroatoms. The largest absolute Gasteiger partial charge is 0.351 e. The standard InChI is InChI=1S/C12H12ClF2NO3S/c1-12(4-5-12)6-16-11(17)9-7(14)2-3-8(10(9)15)20(13,18)19/h2-3H,4-6H2,1H3,(H,16,17). The van der Waals surface area contributed by atoms with E-state index in [2.05, 4.69) is 5.32 Å². The Kier molecular flexibility index (Phi) is 3.77. The Balaban J connectivity index is 2.32. The fraction of sp³-hybridized carbons (Fsp3) is 0.417. The second kappa shape index (κ2) is 4.96. The minimum absolute atomic E-state index is 0.0429. The molecule has 0 saturated heterocycles. The number of carbonyl (C=O) groups excluding carboxylic acids is 1. The second-order valence-electron chi connectivity index (χ2n) is 5.17. The molecule has 110 valence electrons. The molecule has 1 aliphatic rings. The molecular formula is C12H12ClF2NO3S. The normalized spacial score (nSPS) is 16.8. The highest BCUT2D eigenvalue weighted by Gasteiger charge is 2.37. The molecule has 0 radical (unpaired) electrons. The van der Waals surface area contributed by atoms with E-state index in [1.807, 2.05) is 6.92 Å². The van der Waals surface area contributed by atoms with E-state index in [4.69, 9.17) is 10.7 Å². The van der Waals surface area contributed by atoms with Crippen LogP contribution in [0.2, 0.25) is 0 Å². The van der Waals surface area contributed by atoms with Gasteiger partial charge >= 0.3 is 0 Å². The van der Waals surface area contributed by atoms with Crippen LogP contribution in [0, 0.1) is 17.0 Å². The molecule has 4 nitrogen and oxygen atoms in total. The Labute approximate surface area is 119 Å². The summed E-state index contributed by atoms with van der Waals surface area (Å²) in [5.74, 6) is -3.60. The molecule has 1 fully saturated rings. The van der Waals surface area contributed by atoms with Gasteiger partial charge in [0.15, 0.2) is 5.82 Å². The molecule has 0 bridgehead atoms. The van der Waals surface area contributed by atoms with Crippen LogP contribution in [0.25, 0.3) is 0 Å². The molecular weight excluding hydrogens is 312 g/mol. The van der Waals surface area contributed by atoms with E-state index in [1.54, 1.807) is 0 Å². The highest BCUT2D eigenvalue weighted by Crippen LogP contribution is 2.44. The van der Waals surface area contributed by atoms with Crippen molar-refractivity contribution in [2.24, 2.45) is 5.41 Å². The number of carbonyl (C=O) groups is 1. The quantitative estimate of drug-likeness (QED) is 0.866. The number of hydrogen-bond donors (Lipinski definition) is 1. The molecule has 0 spiro atoms. The summed E-state index contributed by atoms with van der Waals surface area (Å²) in [6.07, 6.45) is 1.85. The molecule has 0 atom stereocenters. The average Bonchev–Trinajstić information content (AvgIpc) is 3.03. The van der Waals surface area contributed by atoms with Gasteiger partial charge in [0.1, 0.15) is 16.3 Å². The lowest BCUT2D eigenvalue weighted by molar-refractivity contribution is 0.0937. The summed E-state index contributed by atoms with van der Waals surface area (Å²) < 4.78 is 49.8. The molecule has 1 aromatic carbocycles. The lowest BCUT2D eigenvalue weighted by atomic mass is 10.1. The molecule has 2 rings (SSSR count). The van der Waals surface area contributed by atoms with E-state index in [-0.39, 0.29) is 12.0 Å². The number of nitrogens with one attached hydrogen (secondary N) is 1. The van der Waals surface area contributed by atoms with Crippen LogP contribution in [0.3, 0.4) is 0 Å². The maximum absolute atomic E-state index is 14.0. The van der Waals surface area contributed by atoms with Crippen molar-refractivity contribution in [3.63, 3.8) is 0 Å². The van der Waals surface area contributed by atoms with Gasteiger partial charge in [-0.3, -0.25) is 4.79 Å². The number of hydrogen-bond acceptors (Lipinski definition) is 3. The fourth-order valence-corrected chi connectivity index (χ4v) is 2.61. The smallest absolute Gasteiger partial charge is 0.264 e. The Morgan fingerprint density at radius 3 is 2.50 bits per heavy atom. The van der Waals surface area contributed by atoms with Crippen LogP contribution in [0.4, 0.5) is 8.78 Å². The Hall–Kier alpha value is -1.21. The van der Waals surface area contributed by atoms with Crippen LogP contribution in [0.5, 0.6) is 0 Å². The zero-order valence-electron chi connectivity index (χ0n) is 10.5. The molecule has 0 aliphatic heterocycles. The van der Waals surface area contributed by atoms with Gasteiger partial charge in [0.25, 0.3) is 15.0 Å². The van der Waals surface area contributed by atoms with Gasteiger partial charge in [-0.05, 0) is 30.4 Å². The van der Waals surface area contributed by atoms with Crippen molar-refractivity contribution >= 4 is 25.6 Å². The lowest BCUT2D eigenvalue weighted by Gasteiger charge is -2.12. The van der Waals surface area contributed by atoms with Crippen molar-refractivity contribution in [2.75, 3.05) is 6.54 Å². The topological polar surface area (TPSA) is 63.2 Å². The van der Waals surface area contributed by atoms with Gasteiger partial charge in [-0.1, -0.05) is 6.92 Å². The number of rotatable bonds is 4. The summed E-state index contributed by atoms with van der Waals surface area (Å²) in [5.41, 5.74) is -0.977. The molecule has 1 N–H and O–H groups in total. The van der Waals surface area contributed by atoms with Crippen LogP contribution in [-0.4, -0.2) is 20.9 Å². The molecule has 1 aromatic rings. The number of amides is 1. The first-order valence-electron chi connectivity index (χ1n) is 5.85. The van der Waals surface area contributed by atoms with Gasteiger partial charge in [0.2, 0.25) is 0 Å². The first kappa shape index (κ1) is 15.2. The summed E-state index contributed by atoms with van der Waals surface area (Å²) in [4.78, 5) is 10.9. The SMILES string of the molecule is CC1(CNC(=O)c2c(F)ccc(S(=O)(=O)Cl)c2F)CC1. The lowest BCUT2D eigenvalue weighted by Crippen LogP contribution is -2.30. The van der Waals surface area contributed by atoms with Gasteiger partial charge in [0, 0.05) is 17.2 Å². The highest BCUT2D eigenvalue weighted by atomic mass is 35.7. The molecule has 1 amide bonds. The third-order valence-electron chi connectivity index (χ3n) is 3.32. The summed E-state index contributed by atoms with van der Waals surface area (Å²) in [6.45, 7) is 2.21. The molecule has 0 unspecified atom stereocenters. The van der Waals surface area contributed by atoms with Gasteiger partial charge in [-0.15, -0.1) is 0 Å². The van der Waals surface area contributed by atoms with Gasteiger partial charge < -0.3 is 5.32 Å². The van der Waals surface area contributed by atoms with Crippen molar-refractivity contribution in [3.8, 4) is 0 Å². The summed E-state index contributed by atoms with van der Waals surface area (Å²) in [6, 6.07) is 1.39. The third-order valence-corrected chi connectivity index (χ3v) is 4.66. The molecule has 0 aromatic heterocycles. The Morgan fingerprint density at radius 2 is 2.00 bits per heavy atom. The first-order chi connectivity index (χ1) is 9.14. The maximum atomic E-state index is 14.0. The predicted octanol–water partition coefficient (Wildman–Crippen LogP) is 2.42. The summed E-state index contributed by atoms with van der Waals surface area (Å²) >= 11 is 0. The second-order valence-corrected chi connectivity index (χ2v) is 7.70.